The van der Waals surface area contributed by atoms with Crippen molar-refractivity contribution >= 4 is 0 Å². The van der Waals surface area contributed by atoms with Crippen molar-refractivity contribution in [1.82, 2.24) is 0 Å². The summed E-state index contributed by atoms with van der Waals surface area (Å²) in [4.78, 5) is 0. The van der Waals surface area contributed by atoms with Gasteiger partial charge in [-0.05, 0) is 55.1 Å². The van der Waals surface area contributed by atoms with E-state index in [1.807, 2.05) is 12.1 Å². The van der Waals surface area contributed by atoms with Crippen LogP contribution < -0.4 is 5.73 Å². The predicted octanol–water partition coefficient (Wildman–Crippen LogP) is 2.74. The Morgan fingerprint density at radius 2 is 1.88 bits per heavy atom. The molecule has 2 saturated carbocycles. The van der Waals surface area contributed by atoms with E-state index in [1.54, 1.807) is 6.07 Å². The molecule has 1 nitrogen and oxygen atoms in total. The van der Waals surface area contributed by atoms with Crippen LogP contribution in [0.15, 0.2) is 24.3 Å². The Morgan fingerprint density at radius 1 is 1.19 bits per heavy atom. The summed E-state index contributed by atoms with van der Waals surface area (Å²) in [5.41, 5.74) is 6.97. The van der Waals surface area contributed by atoms with Crippen LogP contribution in [0.2, 0.25) is 0 Å². The second-order valence-electron chi connectivity index (χ2n) is 5.45. The van der Waals surface area contributed by atoms with Gasteiger partial charge in [0.1, 0.15) is 5.82 Å². The first kappa shape index (κ1) is 10.3. The maximum absolute atomic E-state index is 13.5. The van der Waals surface area contributed by atoms with Gasteiger partial charge in [-0.3, -0.25) is 0 Å². The van der Waals surface area contributed by atoms with E-state index >= 15 is 0 Å². The summed E-state index contributed by atoms with van der Waals surface area (Å²) < 4.78 is 13.5. The Labute approximate surface area is 95.8 Å². The van der Waals surface area contributed by atoms with Crippen LogP contribution in [0.1, 0.15) is 24.8 Å². The predicted molar refractivity (Wildman–Crippen MR) is 62.4 cm³/mol. The summed E-state index contributed by atoms with van der Waals surface area (Å²) in [6.07, 6.45) is 4.67. The van der Waals surface area contributed by atoms with Crippen LogP contribution >= 0.6 is 0 Å². The van der Waals surface area contributed by atoms with Crippen molar-refractivity contribution in [3.8, 4) is 0 Å². The Hall–Kier alpha value is -0.890. The Kier molecular flexibility index (Phi) is 2.47. The molecule has 3 unspecified atom stereocenters. The molecule has 0 spiro atoms. The highest BCUT2D eigenvalue weighted by Gasteiger charge is 2.47. The molecular formula is C14H18FN. The van der Waals surface area contributed by atoms with E-state index in [0.29, 0.717) is 12.3 Å². The molecule has 2 aliphatic carbocycles. The van der Waals surface area contributed by atoms with Gasteiger partial charge < -0.3 is 5.73 Å². The number of benzene rings is 1. The number of nitrogens with two attached hydrogens (primary N) is 1. The van der Waals surface area contributed by atoms with Gasteiger partial charge in [-0.2, -0.15) is 0 Å². The molecule has 16 heavy (non-hydrogen) atoms. The fourth-order valence-electron chi connectivity index (χ4n) is 3.20. The molecule has 2 N–H and O–H groups in total. The fourth-order valence-corrected chi connectivity index (χ4v) is 3.20. The average Bonchev–Trinajstić information content (AvgIpc) is 2.89. The number of halogens is 1. The van der Waals surface area contributed by atoms with Gasteiger partial charge >= 0.3 is 0 Å². The highest BCUT2D eigenvalue weighted by Crippen LogP contribution is 2.55. The van der Waals surface area contributed by atoms with Crippen molar-refractivity contribution in [2.75, 3.05) is 0 Å². The lowest BCUT2D eigenvalue weighted by molar-refractivity contribution is 0.389. The Balaban J connectivity index is 1.64. The first-order chi connectivity index (χ1) is 7.74. The molecule has 1 aromatic carbocycles. The third-order valence-electron chi connectivity index (χ3n) is 4.30. The smallest absolute Gasteiger partial charge is 0.126 e. The molecule has 2 fully saturated rings. The number of rotatable bonds is 3. The van der Waals surface area contributed by atoms with Crippen LogP contribution in [0, 0.1) is 23.6 Å². The highest BCUT2D eigenvalue weighted by atomic mass is 19.1. The normalized spacial score (nSPS) is 33.5. The topological polar surface area (TPSA) is 26.0 Å². The summed E-state index contributed by atoms with van der Waals surface area (Å²) in [5, 5.41) is 0. The third kappa shape index (κ3) is 1.86. The van der Waals surface area contributed by atoms with E-state index in [0.717, 1.165) is 17.4 Å². The monoisotopic (exact) mass is 219 g/mol. The van der Waals surface area contributed by atoms with Crippen LogP contribution in [-0.2, 0) is 6.42 Å². The molecule has 0 saturated heterocycles. The number of fused-ring (bicyclic) bond motifs is 1. The first-order valence-electron chi connectivity index (χ1n) is 6.23. The van der Waals surface area contributed by atoms with E-state index in [2.05, 4.69) is 0 Å². The molecule has 0 amide bonds. The minimum atomic E-state index is -0.110. The number of hydrogen-bond acceptors (Lipinski definition) is 1. The molecule has 2 aliphatic rings. The van der Waals surface area contributed by atoms with Crippen molar-refractivity contribution in [3.05, 3.63) is 35.6 Å². The van der Waals surface area contributed by atoms with Gasteiger partial charge in [0.2, 0.25) is 0 Å². The average molecular weight is 219 g/mol. The van der Waals surface area contributed by atoms with Gasteiger partial charge in [0.15, 0.2) is 0 Å². The van der Waals surface area contributed by atoms with E-state index in [-0.39, 0.29) is 11.9 Å². The largest absolute Gasteiger partial charge is 0.327 e. The fraction of sp³-hybridized carbons (Fsp3) is 0.571. The van der Waals surface area contributed by atoms with Gasteiger partial charge in [0.05, 0.1) is 0 Å². The van der Waals surface area contributed by atoms with Crippen molar-refractivity contribution in [2.45, 2.75) is 31.7 Å². The SMILES string of the molecule is NC(Cc1ccccc1F)C1CC2CC2C1. The second-order valence-corrected chi connectivity index (χ2v) is 5.45. The molecule has 0 bridgehead atoms. The highest BCUT2D eigenvalue weighted by molar-refractivity contribution is 5.19. The van der Waals surface area contributed by atoms with Crippen LogP contribution in [0.25, 0.3) is 0 Å². The van der Waals surface area contributed by atoms with Crippen molar-refractivity contribution in [1.29, 1.82) is 0 Å². The molecule has 3 atom stereocenters. The van der Waals surface area contributed by atoms with Gasteiger partial charge in [-0.25, -0.2) is 4.39 Å². The van der Waals surface area contributed by atoms with E-state index in [4.69, 9.17) is 5.73 Å². The third-order valence-corrected chi connectivity index (χ3v) is 4.30. The maximum Gasteiger partial charge on any atom is 0.126 e. The summed E-state index contributed by atoms with van der Waals surface area (Å²) in [7, 11) is 0. The molecule has 0 aromatic heterocycles. The zero-order valence-electron chi connectivity index (χ0n) is 9.40. The quantitative estimate of drug-likeness (QED) is 0.831. The zero-order chi connectivity index (χ0) is 11.1. The Morgan fingerprint density at radius 3 is 2.56 bits per heavy atom. The maximum atomic E-state index is 13.5. The standard InChI is InChI=1S/C14H18FN/c15-13-4-2-1-3-9(13)8-14(16)12-6-10-5-11(10)7-12/h1-4,10-12,14H,5-8,16H2. The molecule has 3 rings (SSSR count). The minimum absolute atomic E-state index is 0.110. The molecule has 1 aromatic rings. The summed E-state index contributed by atoms with van der Waals surface area (Å²) >= 11 is 0. The van der Waals surface area contributed by atoms with Gasteiger partial charge in [0.25, 0.3) is 0 Å². The molecule has 86 valence electrons. The van der Waals surface area contributed by atoms with Crippen molar-refractivity contribution in [2.24, 2.45) is 23.5 Å². The molecule has 0 heterocycles. The lowest BCUT2D eigenvalue weighted by Crippen LogP contribution is -2.31. The van der Waals surface area contributed by atoms with Crippen molar-refractivity contribution < 1.29 is 4.39 Å². The van der Waals surface area contributed by atoms with E-state index in [9.17, 15) is 4.39 Å². The summed E-state index contributed by atoms with van der Waals surface area (Å²) in [6, 6.07) is 7.13. The lowest BCUT2D eigenvalue weighted by atomic mass is 9.90. The summed E-state index contributed by atoms with van der Waals surface area (Å²) in [5.74, 6) is 2.43. The molecule has 2 heteroatoms. The van der Waals surface area contributed by atoms with Crippen LogP contribution in [0.5, 0.6) is 0 Å². The van der Waals surface area contributed by atoms with E-state index < -0.39 is 0 Å². The summed E-state index contributed by atoms with van der Waals surface area (Å²) in [6.45, 7) is 0. The lowest BCUT2D eigenvalue weighted by Gasteiger charge is -2.20. The second kappa shape index (κ2) is 3.85. The zero-order valence-corrected chi connectivity index (χ0v) is 9.40. The molecule has 0 aliphatic heterocycles. The van der Waals surface area contributed by atoms with Crippen LogP contribution in [0.3, 0.4) is 0 Å². The Bertz CT molecular complexity index is 380. The van der Waals surface area contributed by atoms with Crippen LogP contribution in [0.4, 0.5) is 4.39 Å². The minimum Gasteiger partial charge on any atom is -0.327 e. The van der Waals surface area contributed by atoms with Crippen LogP contribution in [-0.4, -0.2) is 6.04 Å². The molecule has 0 radical (unpaired) electrons. The molecular weight excluding hydrogens is 201 g/mol. The van der Waals surface area contributed by atoms with Crippen molar-refractivity contribution in [3.63, 3.8) is 0 Å². The van der Waals surface area contributed by atoms with E-state index in [1.165, 1.54) is 25.3 Å². The van der Waals surface area contributed by atoms with Gasteiger partial charge in [-0.1, -0.05) is 18.2 Å². The van der Waals surface area contributed by atoms with Gasteiger partial charge in [0, 0.05) is 6.04 Å². The number of hydrogen-bond donors (Lipinski definition) is 1. The van der Waals surface area contributed by atoms with Gasteiger partial charge in [-0.15, -0.1) is 0 Å². The first-order valence-corrected chi connectivity index (χ1v) is 6.23.